The maximum absolute atomic E-state index is 11.4. The maximum atomic E-state index is 11.4. The molecule has 0 aromatic heterocycles. The van der Waals surface area contributed by atoms with Crippen LogP contribution in [0.5, 0.6) is 5.75 Å². The van der Waals surface area contributed by atoms with Gasteiger partial charge in [-0.2, -0.15) is 0 Å². The van der Waals surface area contributed by atoms with E-state index >= 15 is 0 Å². The third-order valence-corrected chi connectivity index (χ3v) is 4.27. The molecule has 0 saturated heterocycles. The van der Waals surface area contributed by atoms with Gasteiger partial charge in [0.1, 0.15) is 5.75 Å². The Balaban J connectivity index is 1.85. The van der Waals surface area contributed by atoms with Crippen LogP contribution in [0, 0.1) is 0 Å². The lowest BCUT2D eigenvalue weighted by molar-refractivity contribution is -0.116. The van der Waals surface area contributed by atoms with Gasteiger partial charge in [-0.05, 0) is 59.7 Å². The predicted molar refractivity (Wildman–Crippen MR) is 74.0 cm³/mol. The third kappa shape index (κ3) is 2.39. The van der Waals surface area contributed by atoms with Crippen molar-refractivity contribution in [3.63, 3.8) is 0 Å². The Morgan fingerprint density at radius 2 is 2.00 bits per heavy atom. The Bertz CT molecular complexity index is 481. The number of fused-ring (bicyclic) bond motifs is 1. The number of hydrogen-bond acceptors (Lipinski definition) is 2. The molecule has 3 nitrogen and oxygen atoms in total. The number of halogens is 1. The van der Waals surface area contributed by atoms with Crippen molar-refractivity contribution < 1.29 is 9.53 Å². The molecule has 1 fully saturated rings. The minimum Gasteiger partial charge on any atom is -0.489 e. The van der Waals surface area contributed by atoms with Crippen LogP contribution >= 0.6 is 15.9 Å². The standard InChI is InChI=1S/C14H16BrNO2/c15-11-7-9-5-6-14(17)16-12(9)8-13(11)18-10-3-1-2-4-10/h7-8,10H,1-6H2,(H,16,17). The zero-order valence-electron chi connectivity index (χ0n) is 10.2. The fraction of sp³-hybridized carbons (Fsp3) is 0.500. The normalized spacial score (nSPS) is 19.5. The summed E-state index contributed by atoms with van der Waals surface area (Å²) in [6, 6.07) is 4.02. The van der Waals surface area contributed by atoms with Crippen molar-refractivity contribution in [1.82, 2.24) is 0 Å². The minimum atomic E-state index is 0.0941. The van der Waals surface area contributed by atoms with Crippen LogP contribution in [-0.2, 0) is 11.2 Å². The first-order valence-corrected chi connectivity index (χ1v) is 7.30. The van der Waals surface area contributed by atoms with Crippen LogP contribution in [0.1, 0.15) is 37.7 Å². The van der Waals surface area contributed by atoms with E-state index in [-0.39, 0.29) is 5.91 Å². The molecule has 1 saturated carbocycles. The number of ether oxygens (including phenoxy) is 1. The Kier molecular flexibility index (Phi) is 3.29. The quantitative estimate of drug-likeness (QED) is 0.905. The van der Waals surface area contributed by atoms with Crippen molar-refractivity contribution in [2.75, 3.05) is 5.32 Å². The highest BCUT2D eigenvalue weighted by Crippen LogP contribution is 2.36. The van der Waals surface area contributed by atoms with Gasteiger partial charge >= 0.3 is 0 Å². The Morgan fingerprint density at radius 1 is 1.22 bits per heavy atom. The zero-order chi connectivity index (χ0) is 12.5. The van der Waals surface area contributed by atoms with E-state index in [1.807, 2.05) is 6.07 Å². The van der Waals surface area contributed by atoms with Crippen LogP contribution in [0.2, 0.25) is 0 Å². The molecular weight excluding hydrogens is 294 g/mol. The van der Waals surface area contributed by atoms with Crippen molar-refractivity contribution in [3.8, 4) is 5.75 Å². The molecular formula is C14H16BrNO2. The summed E-state index contributed by atoms with van der Waals surface area (Å²) in [5.41, 5.74) is 2.09. The number of anilines is 1. The topological polar surface area (TPSA) is 38.3 Å². The van der Waals surface area contributed by atoms with Gasteiger partial charge in [0.05, 0.1) is 10.6 Å². The number of nitrogens with one attached hydrogen (secondary N) is 1. The first-order valence-electron chi connectivity index (χ1n) is 6.51. The number of hydrogen-bond donors (Lipinski definition) is 1. The molecule has 2 aliphatic rings. The van der Waals surface area contributed by atoms with Gasteiger partial charge in [-0.25, -0.2) is 0 Å². The minimum absolute atomic E-state index is 0.0941. The summed E-state index contributed by atoms with van der Waals surface area (Å²) in [5, 5.41) is 2.91. The fourth-order valence-electron chi connectivity index (χ4n) is 2.65. The van der Waals surface area contributed by atoms with Gasteiger partial charge in [-0.1, -0.05) is 0 Å². The molecule has 1 heterocycles. The van der Waals surface area contributed by atoms with Gasteiger partial charge in [0.25, 0.3) is 0 Å². The molecule has 3 rings (SSSR count). The number of carbonyl (C=O) groups is 1. The SMILES string of the molecule is O=C1CCc2cc(Br)c(OC3CCCC3)cc2N1. The maximum Gasteiger partial charge on any atom is 0.224 e. The van der Waals surface area contributed by atoms with Crippen molar-refractivity contribution in [2.45, 2.75) is 44.6 Å². The van der Waals surface area contributed by atoms with E-state index < -0.39 is 0 Å². The van der Waals surface area contributed by atoms with E-state index in [1.54, 1.807) is 0 Å². The van der Waals surface area contributed by atoms with Crippen molar-refractivity contribution in [3.05, 3.63) is 22.2 Å². The molecule has 96 valence electrons. The zero-order valence-corrected chi connectivity index (χ0v) is 11.8. The van der Waals surface area contributed by atoms with Gasteiger partial charge in [0.15, 0.2) is 0 Å². The van der Waals surface area contributed by atoms with Crippen LogP contribution in [0.25, 0.3) is 0 Å². The third-order valence-electron chi connectivity index (χ3n) is 3.65. The summed E-state index contributed by atoms with van der Waals surface area (Å²) in [5.74, 6) is 0.944. The average Bonchev–Trinajstić information content (AvgIpc) is 2.83. The second-order valence-corrected chi connectivity index (χ2v) is 5.87. The Labute approximate surface area is 115 Å². The van der Waals surface area contributed by atoms with E-state index in [4.69, 9.17) is 4.74 Å². The van der Waals surface area contributed by atoms with E-state index in [2.05, 4.69) is 27.3 Å². The van der Waals surface area contributed by atoms with Crippen molar-refractivity contribution in [1.29, 1.82) is 0 Å². The van der Waals surface area contributed by atoms with E-state index in [9.17, 15) is 4.79 Å². The fourth-order valence-corrected chi connectivity index (χ4v) is 3.14. The highest BCUT2D eigenvalue weighted by molar-refractivity contribution is 9.10. The monoisotopic (exact) mass is 309 g/mol. The molecule has 4 heteroatoms. The summed E-state index contributed by atoms with van der Waals surface area (Å²) in [6.07, 6.45) is 6.49. The highest BCUT2D eigenvalue weighted by atomic mass is 79.9. The Hall–Kier alpha value is -1.03. The van der Waals surface area contributed by atoms with Crippen LogP contribution in [0.4, 0.5) is 5.69 Å². The summed E-state index contributed by atoms with van der Waals surface area (Å²) in [6.45, 7) is 0. The number of amides is 1. The molecule has 0 atom stereocenters. The molecule has 1 aliphatic carbocycles. The number of aryl methyl sites for hydroxylation is 1. The summed E-state index contributed by atoms with van der Waals surface area (Å²) in [7, 11) is 0. The van der Waals surface area contributed by atoms with Crippen LogP contribution in [-0.4, -0.2) is 12.0 Å². The molecule has 1 aromatic carbocycles. The average molecular weight is 310 g/mol. The highest BCUT2D eigenvalue weighted by Gasteiger charge is 2.21. The number of rotatable bonds is 2. The van der Waals surface area contributed by atoms with Crippen LogP contribution in [0.15, 0.2) is 16.6 Å². The van der Waals surface area contributed by atoms with Crippen molar-refractivity contribution >= 4 is 27.5 Å². The summed E-state index contributed by atoms with van der Waals surface area (Å²) >= 11 is 3.56. The molecule has 18 heavy (non-hydrogen) atoms. The molecule has 0 unspecified atom stereocenters. The van der Waals surface area contributed by atoms with Gasteiger partial charge in [0, 0.05) is 18.2 Å². The lowest BCUT2D eigenvalue weighted by Gasteiger charge is -2.20. The molecule has 0 bridgehead atoms. The molecule has 1 N–H and O–H groups in total. The summed E-state index contributed by atoms with van der Waals surface area (Å²) < 4.78 is 7.00. The lowest BCUT2D eigenvalue weighted by atomic mass is 10.0. The van der Waals surface area contributed by atoms with E-state index in [1.165, 1.54) is 18.4 Å². The number of carbonyl (C=O) groups excluding carboxylic acids is 1. The summed E-state index contributed by atoms with van der Waals surface area (Å²) in [4.78, 5) is 11.4. The van der Waals surface area contributed by atoms with Crippen LogP contribution in [0.3, 0.4) is 0 Å². The van der Waals surface area contributed by atoms with E-state index in [0.717, 1.165) is 35.2 Å². The largest absolute Gasteiger partial charge is 0.489 e. The molecule has 0 spiro atoms. The van der Waals surface area contributed by atoms with E-state index in [0.29, 0.717) is 12.5 Å². The Morgan fingerprint density at radius 3 is 2.78 bits per heavy atom. The van der Waals surface area contributed by atoms with Crippen LogP contribution < -0.4 is 10.1 Å². The number of benzene rings is 1. The second-order valence-electron chi connectivity index (χ2n) is 5.01. The molecule has 0 radical (unpaired) electrons. The van der Waals surface area contributed by atoms with Crippen molar-refractivity contribution in [2.24, 2.45) is 0 Å². The first kappa shape index (κ1) is 12.0. The second kappa shape index (κ2) is 4.92. The predicted octanol–water partition coefficient (Wildman–Crippen LogP) is 3.66. The lowest BCUT2D eigenvalue weighted by Crippen LogP contribution is -2.19. The molecule has 1 amide bonds. The van der Waals surface area contributed by atoms with Gasteiger partial charge < -0.3 is 10.1 Å². The molecule has 1 aromatic rings. The van der Waals surface area contributed by atoms with Gasteiger partial charge in [-0.15, -0.1) is 0 Å². The molecule has 1 aliphatic heterocycles. The smallest absolute Gasteiger partial charge is 0.224 e. The van der Waals surface area contributed by atoms with Gasteiger partial charge in [-0.3, -0.25) is 4.79 Å². The van der Waals surface area contributed by atoms with Gasteiger partial charge in [0.2, 0.25) is 5.91 Å². The first-order chi connectivity index (χ1) is 8.72.